The van der Waals surface area contributed by atoms with E-state index in [4.69, 9.17) is 22.1 Å². The van der Waals surface area contributed by atoms with E-state index in [-0.39, 0.29) is 47.6 Å². The third-order valence-electron chi connectivity index (χ3n) is 6.93. The van der Waals surface area contributed by atoms with Crippen molar-refractivity contribution in [2.75, 3.05) is 24.6 Å². The van der Waals surface area contributed by atoms with E-state index in [9.17, 15) is 31.2 Å². The Morgan fingerprint density at radius 3 is 2.47 bits per heavy atom. The lowest BCUT2D eigenvalue weighted by Crippen LogP contribution is -2.48. The van der Waals surface area contributed by atoms with Gasteiger partial charge in [-0.05, 0) is 70.3 Å². The second-order valence-electron chi connectivity index (χ2n) is 11.6. The first-order valence-corrected chi connectivity index (χ1v) is 15.9. The lowest BCUT2D eigenvalue weighted by atomic mass is 9.98. The van der Waals surface area contributed by atoms with E-state index in [2.05, 4.69) is 10.6 Å². The molecule has 0 unspecified atom stereocenters. The number of rotatable bonds is 8. The van der Waals surface area contributed by atoms with Crippen LogP contribution in [0.2, 0.25) is 5.02 Å². The Labute approximate surface area is 255 Å². The van der Waals surface area contributed by atoms with Crippen molar-refractivity contribution in [3.05, 3.63) is 57.1 Å². The van der Waals surface area contributed by atoms with Gasteiger partial charge in [0.1, 0.15) is 5.60 Å². The van der Waals surface area contributed by atoms with E-state index in [0.29, 0.717) is 31.0 Å². The molecule has 0 saturated carbocycles. The Balaban J connectivity index is 1.85. The van der Waals surface area contributed by atoms with Crippen LogP contribution in [0.25, 0.3) is 0 Å². The van der Waals surface area contributed by atoms with Crippen LogP contribution >= 0.6 is 11.6 Å². The molecule has 14 heteroatoms. The zero-order valence-electron chi connectivity index (χ0n) is 24.8. The van der Waals surface area contributed by atoms with E-state index in [1.807, 2.05) is 0 Å². The number of anilines is 1. The number of nitrogens with two attached hydrogens (primary N) is 1. The zero-order chi connectivity index (χ0) is 32.3. The van der Waals surface area contributed by atoms with Crippen molar-refractivity contribution in [3.8, 4) is 0 Å². The van der Waals surface area contributed by atoms with Gasteiger partial charge in [-0.25, -0.2) is 13.2 Å². The van der Waals surface area contributed by atoms with Crippen LogP contribution in [0.5, 0.6) is 0 Å². The fourth-order valence-electron chi connectivity index (χ4n) is 4.89. The number of nitrogen functional groups attached to an aromatic ring is 1. The number of sulfone groups is 1. The van der Waals surface area contributed by atoms with Crippen LogP contribution < -0.4 is 16.4 Å². The number of alkyl halides is 3. The summed E-state index contributed by atoms with van der Waals surface area (Å²) in [5.74, 6) is -1.09. The molecule has 2 aromatic rings. The number of carbonyl (C=O) groups is 2. The summed E-state index contributed by atoms with van der Waals surface area (Å²) in [6.07, 6.45) is -4.23. The average molecular weight is 647 g/mol. The van der Waals surface area contributed by atoms with Crippen LogP contribution in [0.1, 0.15) is 73.1 Å². The summed E-state index contributed by atoms with van der Waals surface area (Å²) in [6, 6.07) is 4.98. The van der Waals surface area contributed by atoms with Gasteiger partial charge in [-0.2, -0.15) is 13.2 Å². The molecule has 1 aliphatic rings. The van der Waals surface area contributed by atoms with E-state index in [1.165, 1.54) is 13.0 Å². The number of halogens is 4. The quantitative estimate of drug-likeness (QED) is 0.325. The molecule has 1 saturated heterocycles. The molecule has 4 N–H and O–H groups in total. The highest BCUT2D eigenvalue weighted by molar-refractivity contribution is 7.91. The van der Waals surface area contributed by atoms with Crippen molar-refractivity contribution < 1.29 is 35.9 Å². The van der Waals surface area contributed by atoms with Gasteiger partial charge in [-0.1, -0.05) is 36.2 Å². The summed E-state index contributed by atoms with van der Waals surface area (Å²) < 4.78 is 73.2. The fourth-order valence-corrected chi connectivity index (χ4v) is 6.27. The number of nitrogens with one attached hydrogen (secondary N) is 2. The third kappa shape index (κ3) is 8.99. The molecule has 0 bridgehead atoms. The minimum atomic E-state index is -4.86. The molecule has 9 nitrogen and oxygen atoms in total. The molecule has 238 valence electrons. The maximum Gasteiger partial charge on any atom is 0.416 e. The summed E-state index contributed by atoms with van der Waals surface area (Å²) in [4.78, 5) is 27.1. The lowest BCUT2D eigenvalue weighted by molar-refractivity contribution is -0.138. The molecule has 0 aromatic heterocycles. The van der Waals surface area contributed by atoms with Gasteiger partial charge in [0.2, 0.25) is 0 Å². The minimum Gasteiger partial charge on any atom is -0.444 e. The highest BCUT2D eigenvalue weighted by atomic mass is 35.5. The third-order valence-corrected chi connectivity index (χ3v) is 9.19. The second kappa shape index (κ2) is 13.3. The van der Waals surface area contributed by atoms with Crippen LogP contribution in [0, 0.1) is 6.92 Å². The van der Waals surface area contributed by atoms with E-state index < -0.39 is 49.8 Å². The molecule has 0 aliphatic carbocycles. The molecule has 1 atom stereocenters. The van der Waals surface area contributed by atoms with Crippen molar-refractivity contribution in [1.29, 1.82) is 0 Å². The van der Waals surface area contributed by atoms with Crippen molar-refractivity contribution in [2.24, 2.45) is 0 Å². The second-order valence-corrected chi connectivity index (χ2v) is 14.2. The predicted molar refractivity (Wildman–Crippen MR) is 159 cm³/mol. The maximum atomic E-state index is 14.3. The smallest absolute Gasteiger partial charge is 0.416 e. The summed E-state index contributed by atoms with van der Waals surface area (Å²) in [5, 5.41) is 4.86. The van der Waals surface area contributed by atoms with Crippen LogP contribution in [-0.2, 0) is 33.8 Å². The number of piperidine rings is 1. The summed E-state index contributed by atoms with van der Waals surface area (Å²) >= 11 is 6.41. The number of ether oxygens (including phenoxy) is 1. The largest absolute Gasteiger partial charge is 0.444 e. The molecular formula is C29H38ClF3N4O5S. The van der Waals surface area contributed by atoms with Crippen molar-refractivity contribution >= 4 is 39.1 Å². The maximum absolute atomic E-state index is 14.3. The molecule has 1 aliphatic heterocycles. The number of alkyl carbamates (subject to hydrolysis) is 1. The Hall–Kier alpha value is -3.03. The fraction of sp³-hybridized carbons (Fsp3) is 0.517. The topological polar surface area (TPSA) is 131 Å². The van der Waals surface area contributed by atoms with Crippen molar-refractivity contribution in [2.45, 2.75) is 83.3 Å². The van der Waals surface area contributed by atoms with Gasteiger partial charge in [-0.15, -0.1) is 0 Å². The van der Waals surface area contributed by atoms with Crippen LogP contribution in [0.4, 0.5) is 23.7 Å². The number of aryl methyl sites for hydroxylation is 1. The Bertz CT molecular complexity index is 1480. The molecule has 0 radical (unpaired) electrons. The first kappa shape index (κ1) is 34.5. The van der Waals surface area contributed by atoms with E-state index in [1.54, 1.807) is 44.7 Å². The monoisotopic (exact) mass is 646 g/mol. The molecule has 2 amide bonds. The number of nitrogens with zero attached hydrogens (tertiary/aromatic N) is 1. The number of amides is 2. The van der Waals surface area contributed by atoms with Crippen LogP contribution in [0.15, 0.2) is 29.2 Å². The van der Waals surface area contributed by atoms with E-state index >= 15 is 0 Å². The zero-order valence-corrected chi connectivity index (χ0v) is 26.4. The molecule has 2 aromatic carbocycles. The SMILES string of the molecule is CCS(=O)(=O)c1ccc(C)cc1CNC(=O)c1cc(C(F)(F)F)c(CN2CCC[C@@H](NC(=O)OC(C)(C)C)C2)c(Cl)c1N. The van der Waals surface area contributed by atoms with Crippen LogP contribution in [0.3, 0.4) is 0 Å². The van der Waals surface area contributed by atoms with Crippen LogP contribution in [-0.4, -0.2) is 55.8 Å². The van der Waals surface area contributed by atoms with Crippen molar-refractivity contribution in [3.63, 3.8) is 0 Å². The first-order valence-electron chi connectivity index (χ1n) is 13.8. The predicted octanol–water partition coefficient (Wildman–Crippen LogP) is 5.46. The average Bonchev–Trinajstić information content (AvgIpc) is 2.88. The van der Waals surface area contributed by atoms with Gasteiger partial charge in [0.05, 0.1) is 32.5 Å². The summed E-state index contributed by atoms with van der Waals surface area (Å²) in [6.45, 7) is 8.67. The lowest BCUT2D eigenvalue weighted by Gasteiger charge is -2.34. The first-order chi connectivity index (χ1) is 19.8. The number of likely N-dealkylation sites (tertiary alicyclic amines) is 1. The van der Waals surface area contributed by atoms with E-state index in [0.717, 1.165) is 5.56 Å². The molecule has 1 fully saturated rings. The minimum absolute atomic E-state index is 0.0271. The number of hydrogen-bond acceptors (Lipinski definition) is 7. The molecule has 3 rings (SSSR count). The summed E-state index contributed by atoms with van der Waals surface area (Å²) in [5.41, 5.74) is 4.27. The van der Waals surface area contributed by atoms with Gasteiger partial charge in [0.15, 0.2) is 9.84 Å². The Kier molecular flexibility index (Phi) is 10.7. The highest BCUT2D eigenvalue weighted by Crippen LogP contribution is 2.40. The van der Waals surface area contributed by atoms with Gasteiger partial charge in [-0.3, -0.25) is 9.69 Å². The molecular weight excluding hydrogens is 609 g/mol. The number of hydrogen-bond donors (Lipinski definition) is 3. The van der Waals surface area contributed by atoms with Gasteiger partial charge < -0.3 is 21.1 Å². The highest BCUT2D eigenvalue weighted by Gasteiger charge is 2.37. The Morgan fingerprint density at radius 1 is 1.19 bits per heavy atom. The molecule has 43 heavy (non-hydrogen) atoms. The normalized spacial score (nSPS) is 16.5. The van der Waals surface area contributed by atoms with Gasteiger partial charge in [0, 0.05) is 25.7 Å². The molecule has 1 heterocycles. The van der Waals surface area contributed by atoms with Gasteiger partial charge >= 0.3 is 12.3 Å². The summed E-state index contributed by atoms with van der Waals surface area (Å²) in [7, 11) is -3.62. The molecule has 0 spiro atoms. The van der Waals surface area contributed by atoms with Gasteiger partial charge in [0.25, 0.3) is 5.91 Å². The number of carbonyl (C=O) groups excluding carboxylic acids is 2. The Morgan fingerprint density at radius 2 is 1.86 bits per heavy atom. The van der Waals surface area contributed by atoms with Crippen molar-refractivity contribution in [1.82, 2.24) is 15.5 Å². The standard InChI is InChI=1S/C29H38ClF3N4O5S/c1-6-43(40,41)23-10-9-17(2)12-18(23)14-35-26(38)20-13-22(29(31,32)33)21(24(30)25(20)34)16-37-11-7-8-19(15-37)36-27(39)42-28(3,4)5/h9-10,12-13,19H,6-8,11,14-16,34H2,1-5H3,(H,35,38)(H,36,39)/t19-/m1/s1. The number of benzene rings is 2.